The second-order valence-electron chi connectivity index (χ2n) is 5.79. The molecule has 1 aliphatic carbocycles. The molecule has 1 heterocycles. The third-order valence-electron chi connectivity index (χ3n) is 3.99. The van der Waals surface area contributed by atoms with Gasteiger partial charge in [0.15, 0.2) is 0 Å². The van der Waals surface area contributed by atoms with E-state index in [-0.39, 0.29) is 5.91 Å². The number of hydrogen-bond acceptors (Lipinski definition) is 3. The Balaban J connectivity index is 2.02. The quantitative estimate of drug-likeness (QED) is 0.779. The molecule has 2 rings (SSSR count). The predicted octanol–water partition coefficient (Wildman–Crippen LogP) is 1.86. The van der Waals surface area contributed by atoms with Crippen LogP contribution < -0.4 is 5.73 Å². The Bertz CT molecular complexity index is 297. The molecule has 3 atom stereocenters. The van der Waals surface area contributed by atoms with E-state index < -0.39 is 5.54 Å². The molecule has 0 aromatic rings. The molecule has 0 radical (unpaired) electrons. The van der Waals surface area contributed by atoms with Crippen molar-refractivity contribution in [2.45, 2.75) is 50.3 Å². The SMILES string of the molecule is CC1CCCC(N)(C(=O)N2CCSC(C)C2)C1. The molecule has 2 aliphatic rings. The molecule has 2 fully saturated rings. The summed E-state index contributed by atoms with van der Waals surface area (Å²) < 4.78 is 0. The Morgan fingerprint density at radius 1 is 1.47 bits per heavy atom. The van der Waals surface area contributed by atoms with Crippen molar-refractivity contribution in [2.24, 2.45) is 11.7 Å². The van der Waals surface area contributed by atoms with E-state index in [0.717, 1.165) is 38.1 Å². The molecule has 1 amide bonds. The summed E-state index contributed by atoms with van der Waals surface area (Å²) in [4.78, 5) is 14.6. The maximum atomic E-state index is 12.6. The van der Waals surface area contributed by atoms with Crippen LogP contribution in [0.4, 0.5) is 0 Å². The van der Waals surface area contributed by atoms with Gasteiger partial charge < -0.3 is 10.6 Å². The van der Waals surface area contributed by atoms with E-state index in [1.54, 1.807) is 0 Å². The summed E-state index contributed by atoms with van der Waals surface area (Å²) in [7, 11) is 0. The highest BCUT2D eigenvalue weighted by molar-refractivity contribution is 7.99. The molecule has 17 heavy (non-hydrogen) atoms. The van der Waals surface area contributed by atoms with Crippen LogP contribution in [0.5, 0.6) is 0 Å². The van der Waals surface area contributed by atoms with Gasteiger partial charge in [0.1, 0.15) is 0 Å². The van der Waals surface area contributed by atoms with Crippen LogP contribution in [0.3, 0.4) is 0 Å². The van der Waals surface area contributed by atoms with Crippen LogP contribution in [-0.2, 0) is 4.79 Å². The average molecular weight is 256 g/mol. The lowest BCUT2D eigenvalue weighted by atomic mass is 9.76. The van der Waals surface area contributed by atoms with Crippen LogP contribution in [0.1, 0.15) is 39.5 Å². The van der Waals surface area contributed by atoms with Crippen molar-refractivity contribution in [3.63, 3.8) is 0 Å². The first-order valence-electron chi connectivity index (χ1n) is 6.71. The van der Waals surface area contributed by atoms with Crippen molar-refractivity contribution in [2.75, 3.05) is 18.8 Å². The number of hydrogen-bond donors (Lipinski definition) is 1. The van der Waals surface area contributed by atoms with Gasteiger partial charge in [-0.15, -0.1) is 0 Å². The van der Waals surface area contributed by atoms with Crippen LogP contribution in [-0.4, -0.2) is 40.4 Å². The van der Waals surface area contributed by atoms with Gasteiger partial charge in [0, 0.05) is 24.1 Å². The lowest BCUT2D eigenvalue weighted by Gasteiger charge is -2.41. The number of carbonyl (C=O) groups excluding carboxylic acids is 1. The summed E-state index contributed by atoms with van der Waals surface area (Å²) >= 11 is 1.95. The number of nitrogens with two attached hydrogens (primary N) is 1. The zero-order valence-electron chi connectivity index (χ0n) is 10.9. The molecule has 1 saturated heterocycles. The van der Waals surface area contributed by atoms with Crippen molar-refractivity contribution >= 4 is 17.7 Å². The maximum absolute atomic E-state index is 12.6. The predicted molar refractivity (Wildman–Crippen MR) is 73.1 cm³/mol. The van der Waals surface area contributed by atoms with Gasteiger partial charge in [-0.25, -0.2) is 0 Å². The standard InChI is InChI=1S/C13H24N2OS/c1-10-4-3-5-13(14,8-10)12(16)15-6-7-17-11(2)9-15/h10-11H,3-9,14H2,1-2H3. The summed E-state index contributed by atoms with van der Waals surface area (Å²) in [6, 6.07) is 0. The first-order chi connectivity index (χ1) is 8.01. The highest BCUT2D eigenvalue weighted by Gasteiger charge is 2.41. The lowest BCUT2D eigenvalue weighted by molar-refractivity contribution is -0.138. The molecule has 0 aromatic carbocycles. The zero-order valence-corrected chi connectivity index (χ0v) is 11.8. The first-order valence-corrected chi connectivity index (χ1v) is 7.76. The molecule has 3 unspecified atom stereocenters. The molecule has 1 saturated carbocycles. The van der Waals surface area contributed by atoms with Crippen molar-refractivity contribution in [1.82, 2.24) is 4.90 Å². The maximum Gasteiger partial charge on any atom is 0.242 e. The number of rotatable bonds is 1. The molecule has 2 N–H and O–H groups in total. The summed E-state index contributed by atoms with van der Waals surface area (Å²) in [6.07, 6.45) is 4.05. The lowest BCUT2D eigenvalue weighted by Crippen LogP contribution is -2.59. The molecule has 0 spiro atoms. The van der Waals surface area contributed by atoms with Crippen LogP contribution in [0.15, 0.2) is 0 Å². The van der Waals surface area contributed by atoms with Gasteiger partial charge in [-0.05, 0) is 18.8 Å². The van der Waals surface area contributed by atoms with Gasteiger partial charge in [0.2, 0.25) is 5.91 Å². The van der Waals surface area contributed by atoms with Crippen molar-refractivity contribution in [3.05, 3.63) is 0 Å². The third-order valence-corrected chi connectivity index (χ3v) is 5.12. The van der Waals surface area contributed by atoms with Crippen LogP contribution in [0.2, 0.25) is 0 Å². The average Bonchev–Trinajstić information content (AvgIpc) is 2.27. The van der Waals surface area contributed by atoms with Gasteiger partial charge in [-0.1, -0.05) is 26.7 Å². The van der Waals surface area contributed by atoms with Crippen LogP contribution >= 0.6 is 11.8 Å². The number of amides is 1. The second-order valence-corrected chi connectivity index (χ2v) is 7.34. The van der Waals surface area contributed by atoms with Crippen molar-refractivity contribution < 1.29 is 4.79 Å². The Kier molecular flexibility index (Phi) is 4.03. The van der Waals surface area contributed by atoms with Gasteiger partial charge in [0.05, 0.1) is 5.54 Å². The minimum atomic E-state index is -0.570. The van der Waals surface area contributed by atoms with E-state index in [1.807, 2.05) is 16.7 Å². The van der Waals surface area contributed by atoms with E-state index >= 15 is 0 Å². The fourth-order valence-corrected chi connectivity index (χ4v) is 4.12. The van der Waals surface area contributed by atoms with Gasteiger partial charge in [0.25, 0.3) is 0 Å². The van der Waals surface area contributed by atoms with Crippen molar-refractivity contribution in [1.29, 1.82) is 0 Å². The van der Waals surface area contributed by atoms with E-state index in [0.29, 0.717) is 11.2 Å². The Labute approximate surface area is 108 Å². The Hall–Kier alpha value is -0.220. The van der Waals surface area contributed by atoms with Crippen molar-refractivity contribution in [3.8, 4) is 0 Å². The monoisotopic (exact) mass is 256 g/mol. The van der Waals surface area contributed by atoms with Gasteiger partial charge in [-0.2, -0.15) is 11.8 Å². The largest absolute Gasteiger partial charge is 0.339 e. The summed E-state index contributed by atoms with van der Waals surface area (Å²) in [5, 5.41) is 0.553. The first kappa shape index (κ1) is 13.2. The molecule has 0 aromatic heterocycles. The molecule has 4 heteroatoms. The van der Waals surface area contributed by atoms with Crippen LogP contribution in [0, 0.1) is 5.92 Å². The number of carbonyl (C=O) groups is 1. The molecule has 3 nitrogen and oxygen atoms in total. The zero-order chi connectivity index (χ0) is 12.5. The minimum Gasteiger partial charge on any atom is -0.339 e. The molecule has 98 valence electrons. The molecule has 0 bridgehead atoms. The fourth-order valence-electron chi connectivity index (χ4n) is 3.10. The van der Waals surface area contributed by atoms with E-state index in [4.69, 9.17) is 5.73 Å². The van der Waals surface area contributed by atoms with Crippen LogP contribution in [0.25, 0.3) is 0 Å². The Morgan fingerprint density at radius 2 is 2.24 bits per heavy atom. The van der Waals surface area contributed by atoms with Gasteiger partial charge >= 0.3 is 0 Å². The fraction of sp³-hybridized carbons (Fsp3) is 0.923. The highest BCUT2D eigenvalue weighted by atomic mass is 32.2. The summed E-state index contributed by atoms with van der Waals surface area (Å²) in [6.45, 7) is 6.15. The molecular weight excluding hydrogens is 232 g/mol. The number of nitrogens with zero attached hydrogens (tertiary/aromatic N) is 1. The van der Waals surface area contributed by atoms with E-state index in [9.17, 15) is 4.79 Å². The number of thioether (sulfide) groups is 1. The second kappa shape index (κ2) is 5.19. The molecule has 1 aliphatic heterocycles. The van der Waals surface area contributed by atoms with Gasteiger partial charge in [-0.3, -0.25) is 4.79 Å². The van der Waals surface area contributed by atoms with E-state index in [2.05, 4.69) is 13.8 Å². The Morgan fingerprint density at radius 3 is 2.88 bits per heavy atom. The summed E-state index contributed by atoms with van der Waals surface area (Å²) in [5.41, 5.74) is 5.80. The third kappa shape index (κ3) is 2.97. The summed E-state index contributed by atoms with van der Waals surface area (Å²) in [5.74, 6) is 1.85. The molecular formula is C13H24N2OS. The minimum absolute atomic E-state index is 0.205. The highest BCUT2D eigenvalue weighted by Crippen LogP contribution is 2.32. The topological polar surface area (TPSA) is 46.3 Å². The smallest absolute Gasteiger partial charge is 0.242 e. The normalized spacial score (nSPS) is 39.1. The van der Waals surface area contributed by atoms with E-state index in [1.165, 1.54) is 6.42 Å².